The molecule has 4 unspecified atom stereocenters. The van der Waals surface area contributed by atoms with E-state index in [1.807, 2.05) is 25.2 Å². The van der Waals surface area contributed by atoms with Crippen molar-refractivity contribution in [3.05, 3.63) is 60.8 Å². The Hall–Kier alpha value is -2.31. The molecule has 2 aliphatic rings. The van der Waals surface area contributed by atoms with Gasteiger partial charge >= 0.3 is 11.9 Å². The first-order chi connectivity index (χ1) is 37.7. The fraction of sp³-hybridized carbons (Fsp3) is 0.794. The van der Waals surface area contributed by atoms with Gasteiger partial charge in [0.15, 0.2) is 33.3 Å². The molecule has 2 fully saturated rings. The Kier molecular flexibility index (Phi) is 33.6. The number of carboxylic acids is 1. The summed E-state index contributed by atoms with van der Waals surface area (Å²) in [7, 11) is -8.03. The number of carboxylic acid groups (broad SMARTS) is 1. The van der Waals surface area contributed by atoms with Crippen LogP contribution in [0.15, 0.2) is 60.8 Å². The second kappa shape index (κ2) is 35.5. The molecule has 0 bridgehead atoms. The van der Waals surface area contributed by atoms with Crippen molar-refractivity contribution in [2.24, 2.45) is 23.7 Å². The lowest BCUT2D eigenvalue weighted by Crippen LogP contribution is -2.45. The second-order valence-corrected chi connectivity index (χ2v) is 49.0. The summed E-state index contributed by atoms with van der Waals surface area (Å²) in [6.07, 6.45) is 35.8. The SMILES string of the molecule is C/C=C/COC(=O)CCC/C=C\C[C@H]1C(=O)CC(O[Si](C)(C)C(C)(C)C)[C@@H]1/C=C/C(CCCCC)O[Si](C)(C)C(C)(C)C.CCCCCC(/C=C/[C@H]1C(O[Si](C)(C)C(C)(C)C)CC(=O)[C@@H]1C/C=C\CCCC(=O)O)O[Si](C)(C)C(C)(C)C. The van der Waals surface area contributed by atoms with Gasteiger partial charge in [0.2, 0.25) is 0 Å². The predicted molar refractivity (Wildman–Crippen MR) is 357 cm³/mol. The zero-order valence-corrected chi connectivity index (χ0v) is 60.9. The molecule has 0 aromatic carbocycles. The van der Waals surface area contributed by atoms with Crippen molar-refractivity contribution in [3.8, 4) is 0 Å². The highest BCUT2D eigenvalue weighted by molar-refractivity contribution is 6.75. The van der Waals surface area contributed by atoms with Crippen LogP contribution in [-0.2, 0) is 41.6 Å². The number of Topliss-reactive ketones (excluding diaryl/α,β-unsaturated/α-hetero) is 2. The molecule has 0 amide bonds. The predicted octanol–water partition coefficient (Wildman–Crippen LogP) is 19.7. The van der Waals surface area contributed by atoms with Crippen LogP contribution in [0.25, 0.3) is 0 Å². The quantitative estimate of drug-likeness (QED) is 0.0287. The number of ketones is 2. The molecule has 2 aliphatic carbocycles. The number of unbranched alkanes of at least 4 members (excludes halogenated alkanes) is 6. The number of esters is 1. The lowest BCUT2D eigenvalue weighted by Gasteiger charge is -2.40. The molecule has 0 aliphatic heterocycles. The van der Waals surface area contributed by atoms with Crippen molar-refractivity contribution >= 4 is 56.8 Å². The summed E-state index contributed by atoms with van der Waals surface area (Å²) in [5, 5.41) is 9.30. The minimum absolute atomic E-state index is 0.0204. The molecule has 0 heterocycles. The average molecular weight is 1220 g/mol. The Labute approximate surface area is 508 Å². The molecule has 2 rings (SSSR count). The molecule has 1 N–H and O–H groups in total. The fourth-order valence-corrected chi connectivity index (χ4v) is 14.6. The van der Waals surface area contributed by atoms with Gasteiger partial charge in [-0.15, -0.1) is 0 Å². The van der Waals surface area contributed by atoms with Gasteiger partial charge in [-0.3, -0.25) is 19.2 Å². The largest absolute Gasteiger partial charge is 0.481 e. The standard InChI is InChI=1S/C36H66O5Si2.C32H60O5Si2/c1-13-15-19-22-29(40-42(9,10)35(3,4)5)25-26-31-30(23-20-17-18-21-24-34(38)39-27-16-14-2)32(37)28-33(31)41-43(11,12)36(6,7)8;1-12-13-16-19-25(36-38(8,9)31(2,3)4)22-23-27-26(20-17-14-15-18-21-30(34)35)28(33)24-29(27)37-39(10,11)32(5,6)7/h14,16-17,20,25-26,29-31,33H,13,15,18-19,21-24,27-28H2,1-12H3;14,17,22-23,25-27,29H,12-13,15-16,18-21,24H2,1-11H3,(H,34,35)/b16-14+,20-17-,26-25+;17-14-,23-22+/t29?,30-,31-,33?;25?,26-,27-,29?/m11/s1. The van der Waals surface area contributed by atoms with Gasteiger partial charge in [-0.25, -0.2) is 0 Å². The van der Waals surface area contributed by atoms with Gasteiger partial charge < -0.3 is 27.5 Å². The molecule has 10 nitrogen and oxygen atoms in total. The summed E-state index contributed by atoms with van der Waals surface area (Å²) in [5.74, 6) is -0.523. The van der Waals surface area contributed by atoms with E-state index in [-0.39, 0.29) is 86.4 Å². The lowest BCUT2D eigenvalue weighted by molar-refractivity contribution is -0.142. The van der Waals surface area contributed by atoms with Gasteiger partial charge in [0.05, 0.1) is 24.4 Å². The first-order valence-electron chi connectivity index (χ1n) is 32.1. The summed E-state index contributed by atoms with van der Waals surface area (Å²) >= 11 is 0. The van der Waals surface area contributed by atoms with Crippen LogP contribution in [0.1, 0.15) is 219 Å². The summed E-state index contributed by atoms with van der Waals surface area (Å²) in [5.41, 5.74) is 0. The topological polar surface area (TPSA) is 135 Å². The van der Waals surface area contributed by atoms with Crippen molar-refractivity contribution in [3.63, 3.8) is 0 Å². The molecule has 8 atom stereocenters. The molecule has 14 heteroatoms. The van der Waals surface area contributed by atoms with Crippen LogP contribution in [0.2, 0.25) is 72.5 Å². The average Bonchev–Trinajstić information content (AvgIpc) is 4.04. The molecular weight excluding hydrogens is 1090 g/mol. The van der Waals surface area contributed by atoms with Crippen LogP contribution in [0.3, 0.4) is 0 Å². The van der Waals surface area contributed by atoms with Crippen LogP contribution < -0.4 is 0 Å². The fourth-order valence-electron chi connectivity index (χ4n) is 9.32. The van der Waals surface area contributed by atoms with E-state index >= 15 is 0 Å². The van der Waals surface area contributed by atoms with E-state index < -0.39 is 39.2 Å². The van der Waals surface area contributed by atoms with Gasteiger partial charge in [-0.05, 0) is 131 Å². The van der Waals surface area contributed by atoms with Crippen LogP contribution in [0.4, 0.5) is 0 Å². The Morgan fingerprint density at radius 3 is 1.23 bits per heavy atom. The molecule has 2 saturated carbocycles. The van der Waals surface area contributed by atoms with Crippen molar-refractivity contribution in [1.82, 2.24) is 0 Å². The maximum atomic E-state index is 13.5. The smallest absolute Gasteiger partial charge is 0.306 e. The van der Waals surface area contributed by atoms with Crippen molar-refractivity contribution in [2.75, 3.05) is 6.61 Å². The van der Waals surface area contributed by atoms with E-state index in [0.717, 1.165) is 44.9 Å². The number of aliphatic carboxylic acids is 1. The highest BCUT2D eigenvalue weighted by Gasteiger charge is 2.49. The van der Waals surface area contributed by atoms with Gasteiger partial charge in [-0.1, -0.05) is 196 Å². The van der Waals surface area contributed by atoms with Crippen LogP contribution in [-0.4, -0.2) is 92.9 Å². The third-order valence-corrected chi connectivity index (χ3v) is 36.9. The monoisotopic (exact) mass is 1210 g/mol. The highest BCUT2D eigenvalue weighted by Crippen LogP contribution is 2.46. The Morgan fingerprint density at radius 2 is 0.902 bits per heavy atom. The number of carbonyl (C=O) groups is 4. The number of allylic oxidation sites excluding steroid dienone is 5. The van der Waals surface area contributed by atoms with Crippen LogP contribution in [0.5, 0.6) is 0 Å². The molecule has 0 aromatic rings. The van der Waals surface area contributed by atoms with E-state index in [9.17, 15) is 19.2 Å². The second-order valence-electron chi connectivity index (χ2n) is 30.0. The molecule has 0 aromatic heterocycles. The van der Waals surface area contributed by atoms with E-state index in [0.29, 0.717) is 50.9 Å². The minimum Gasteiger partial charge on any atom is -0.481 e. The van der Waals surface area contributed by atoms with Gasteiger partial charge in [0.25, 0.3) is 0 Å². The maximum Gasteiger partial charge on any atom is 0.306 e. The Balaban J connectivity index is 0.000000824. The summed E-state index contributed by atoms with van der Waals surface area (Å²) in [6, 6.07) is 0. The highest BCUT2D eigenvalue weighted by atomic mass is 28.4. The Morgan fingerprint density at radius 1 is 0.537 bits per heavy atom. The molecule has 82 heavy (non-hydrogen) atoms. The molecule has 0 saturated heterocycles. The van der Waals surface area contributed by atoms with E-state index in [1.54, 1.807) is 0 Å². The van der Waals surface area contributed by atoms with Gasteiger partial charge in [0.1, 0.15) is 18.2 Å². The summed E-state index contributed by atoms with van der Waals surface area (Å²) in [4.78, 5) is 49.4. The van der Waals surface area contributed by atoms with Crippen molar-refractivity contribution in [1.29, 1.82) is 0 Å². The first kappa shape index (κ1) is 77.7. The van der Waals surface area contributed by atoms with E-state index in [1.165, 1.54) is 25.7 Å². The zero-order valence-electron chi connectivity index (χ0n) is 56.9. The van der Waals surface area contributed by atoms with E-state index in [2.05, 4.69) is 192 Å². The van der Waals surface area contributed by atoms with Gasteiger partial charge in [-0.2, -0.15) is 0 Å². The number of hydrogen-bond acceptors (Lipinski definition) is 9. The van der Waals surface area contributed by atoms with E-state index in [4.69, 9.17) is 27.5 Å². The summed E-state index contributed by atoms with van der Waals surface area (Å²) in [6.45, 7) is 52.3. The van der Waals surface area contributed by atoms with Gasteiger partial charge in [0, 0.05) is 49.4 Å². The normalized spacial score (nSPS) is 21.9. The van der Waals surface area contributed by atoms with Crippen molar-refractivity contribution in [2.45, 2.75) is 316 Å². The zero-order chi connectivity index (χ0) is 63.0. The third kappa shape index (κ3) is 27.6. The number of carbonyl (C=O) groups excluding carboxylic acids is 3. The maximum absolute atomic E-state index is 13.5. The minimum atomic E-state index is -2.06. The lowest BCUT2D eigenvalue weighted by atomic mass is 9.90. The third-order valence-electron chi connectivity index (χ3n) is 18.9. The molecular formula is C68H126O10Si4. The first-order valence-corrected chi connectivity index (χ1v) is 43.7. The van der Waals surface area contributed by atoms with Crippen molar-refractivity contribution < 1.29 is 46.7 Å². The number of rotatable bonds is 34. The molecule has 474 valence electrons. The number of hydrogen-bond donors (Lipinski definition) is 1. The van der Waals surface area contributed by atoms with Crippen LogP contribution >= 0.6 is 0 Å². The Bertz CT molecular complexity index is 2060. The molecule has 0 radical (unpaired) electrons. The number of ether oxygens (including phenoxy) is 1. The molecule has 0 spiro atoms. The van der Waals surface area contributed by atoms with Crippen LogP contribution in [0, 0.1) is 23.7 Å². The summed E-state index contributed by atoms with van der Waals surface area (Å²) < 4.78 is 32.8.